The minimum Gasteiger partial charge on any atom is -0.383 e. The Morgan fingerprint density at radius 2 is 2.18 bits per heavy atom. The Morgan fingerprint density at radius 1 is 1.41 bits per heavy atom. The molecule has 6 nitrogen and oxygen atoms in total. The van der Waals surface area contributed by atoms with Crippen LogP contribution in [-0.2, 0) is 11.3 Å². The molecule has 0 N–H and O–H groups in total. The fourth-order valence-corrected chi connectivity index (χ4v) is 2.27. The highest BCUT2D eigenvalue weighted by atomic mass is 16.5. The number of rotatable bonds is 7. The third-order valence-electron chi connectivity index (χ3n) is 3.70. The summed E-state index contributed by atoms with van der Waals surface area (Å²) >= 11 is 0. The lowest BCUT2D eigenvalue weighted by molar-refractivity contribution is 0.0670. The maximum absolute atomic E-state index is 12.6. The minimum absolute atomic E-state index is 0.135. The lowest BCUT2D eigenvalue weighted by Crippen LogP contribution is -2.33. The SMILES string of the molecule is COCCN(Cc1ccncc1)C(=O)c1cc(C2CC2)on1. The van der Waals surface area contributed by atoms with E-state index in [1.54, 1.807) is 30.5 Å². The van der Waals surface area contributed by atoms with Crippen molar-refractivity contribution in [1.82, 2.24) is 15.0 Å². The van der Waals surface area contributed by atoms with Gasteiger partial charge in [0.1, 0.15) is 5.76 Å². The average molecular weight is 301 g/mol. The van der Waals surface area contributed by atoms with E-state index in [2.05, 4.69) is 10.1 Å². The summed E-state index contributed by atoms with van der Waals surface area (Å²) in [5.74, 6) is 1.13. The first-order chi connectivity index (χ1) is 10.8. The smallest absolute Gasteiger partial charge is 0.276 e. The largest absolute Gasteiger partial charge is 0.383 e. The molecule has 0 atom stereocenters. The van der Waals surface area contributed by atoms with Gasteiger partial charge < -0.3 is 14.2 Å². The molecule has 22 heavy (non-hydrogen) atoms. The summed E-state index contributed by atoms with van der Waals surface area (Å²) < 4.78 is 10.4. The van der Waals surface area contributed by atoms with E-state index in [1.807, 2.05) is 12.1 Å². The molecule has 0 saturated heterocycles. The molecule has 2 aromatic heterocycles. The maximum atomic E-state index is 12.6. The molecule has 0 radical (unpaired) electrons. The number of nitrogens with zero attached hydrogens (tertiary/aromatic N) is 3. The summed E-state index contributed by atoms with van der Waals surface area (Å²) in [7, 11) is 1.62. The van der Waals surface area contributed by atoms with Crippen LogP contribution in [0.25, 0.3) is 0 Å². The number of methoxy groups -OCH3 is 1. The summed E-state index contributed by atoms with van der Waals surface area (Å²) in [6.45, 7) is 1.48. The number of amides is 1. The van der Waals surface area contributed by atoms with E-state index in [1.165, 1.54) is 0 Å². The molecule has 0 spiro atoms. The predicted molar refractivity (Wildman–Crippen MR) is 79.3 cm³/mol. The van der Waals surface area contributed by atoms with Crippen LogP contribution in [0.5, 0.6) is 0 Å². The van der Waals surface area contributed by atoms with Crippen LogP contribution in [0.2, 0.25) is 0 Å². The molecule has 2 heterocycles. The van der Waals surface area contributed by atoms with Gasteiger partial charge in [0.15, 0.2) is 5.69 Å². The van der Waals surface area contributed by atoms with Crippen LogP contribution in [0, 0.1) is 0 Å². The van der Waals surface area contributed by atoms with Crippen molar-refractivity contribution in [2.75, 3.05) is 20.3 Å². The number of pyridine rings is 1. The Kier molecular flexibility index (Phi) is 4.48. The zero-order valence-corrected chi connectivity index (χ0v) is 12.6. The number of carbonyl (C=O) groups excluding carboxylic acids is 1. The molecule has 3 rings (SSSR count). The van der Waals surface area contributed by atoms with Crippen LogP contribution in [0.1, 0.15) is 40.6 Å². The fourth-order valence-electron chi connectivity index (χ4n) is 2.27. The topological polar surface area (TPSA) is 68.5 Å². The Balaban J connectivity index is 1.73. The Bertz CT molecular complexity index is 623. The Labute approximate surface area is 129 Å². The van der Waals surface area contributed by atoms with Crippen molar-refractivity contribution in [3.63, 3.8) is 0 Å². The number of aromatic nitrogens is 2. The standard InChI is InChI=1S/C16H19N3O3/c1-21-9-8-19(11-12-4-6-17-7-5-12)16(20)14-10-15(22-18-14)13-2-3-13/h4-7,10,13H,2-3,8-9,11H2,1H3. The molecule has 1 aliphatic rings. The van der Waals surface area contributed by atoms with Crippen LogP contribution < -0.4 is 0 Å². The molecule has 1 saturated carbocycles. The summed E-state index contributed by atoms with van der Waals surface area (Å²) in [4.78, 5) is 18.4. The number of carbonyl (C=O) groups is 1. The van der Waals surface area contributed by atoms with Gasteiger partial charge in [-0.05, 0) is 30.5 Å². The lowest BCUT2D eigenvalue weighted by Gasteiger charge is -2.21. The van der Waals surface area contributed by atoms with E-state index < -0.39 is 0 Å². The van der Waals surface area contributed by atoms with Gasteiger partial charge in [0, 0.05) is 44.6 Å². The van der Waals surface area contributed by atoms with Gasteiger partial charge in [-0.2, -0.15) is 0 Å². The van der Waals surface area contributed by atoms with Crippen LogP contribution >= 0.6 is 0 Å². The molecule has 0 aliphatic heterocycles. The number of ether oxygens (including phenoxy) is 1. The van der Waals surface area contributed by atoms with E-state index in [-0.39, 0.29) is 5.91 Å². The van der Waals surface area contributed by atoms with Crippen molar-refractivity contribution in [1.29, 1.82) is 0 Å². The normalized spacial score (nSPS) is 14.0. The van der Waals surface area contributed by atoms with Crippen molar-refractivity contribution >= 4 is 5.91 Å². The fraction of sp³-hybridized carbons (Fsp3) is 0.438. The molecule has 0 bridgehead atoms. The zero-order valence-electron chi connectivity index (χ0n) is 12.6. The van der Waals surface area contributed by atoms with Crippen molar-refractivity contribution in [3.8, 4) is 0 Å². The second-order valence-corrected chi connectivity index (χ2v) is 5.46. The zero-order chi connectivity index (χ0) is 15.4. The Morgan fingerprint density at radius 3 is 2.86 bits per heavy atom. The van der Waals surface area contributed by atoms with Gasteiger partial charge in [0.05, 0.1) is 6.61 Å². The summed E-state index contributed by atoms with van der Waals surface area (Å²) in [5.41, 5.74) is 1.39. The van der Waals surface area contributed by atoms with Crippen LogP contribution in [-0.4, -0.2) is 41.2 Å². The molecule has 1 fully saturated rings. The first-order valence-electron chi connectivity index (χ1n) is 7.41. The number of hydrogen-bond donors (Lipinski definition) is 0. The molecule has 1 amide bonds. The van der Waals surface area contributed by atoms with Gasteiger partial charge >= 0.3 is 0 Å². The second kappa shape index (κ2) is 6.70. The predicted octanol–water partition coefficient (Wildman–Crippen LogP) is 2.24. The first kappa shape index (κ1) is 14.7. The second-order valence-electron chi connectivity index (χ2n) is 5.46. The van der Waals surface area contributed by atoms with Crippen molar-refractivity contribution in [2.24, 2.45) is 0 Å². The van der Waals surface area contributed by atoms with Crippen LogP contribution in [0.15, 0.2) is 35.1 Å². The van der Waals surface area contributed by atoms with Gasteiger partial charge in [-0.3, -0.25) is 9.78 Å². The molecular weight excluding hydrogens is 282 g/mol. The van der Waals surface area contributed by atoms with E-state index >= 15 is 0 Å². The van der Waals surface area contributed by atoms with Gasteiger partial charge in [-0.15, -0.1) is 0 Å². The molecule has 1 aliphatic carbocycles. The van der Waals surface area contributed by atoms with E-state index in [4.69, 9.17) is 9.26 Å². The van der Waals surface area contributed by atoms with E-state index in [9.17, 15) is 4.79 Å². The molecule has 0 aromatic carbocycles. The summed E-state index contributed by atoms with van der Waals surface area (Å²) in [6, 6.07) is 5.56. The molecule has 6 heteroatoms. The Hall–Kier alpha value is -2.21. The minimum atomic E-state index is -0.135. The maximum Gasteiger partial charge on any atom is 0.276 e. The number of hydrogen-bond acceptors (Lipinski definition) is 5. The average Bonchev–Trinajstić information content (AvgIpc) is 3.29. The van der Waals surface area contributed by atoms with Crippen molar-refractivity contribution in [2.45, 2.75) is 25.3 Å². The van der Waals surface area contributed by atoms with Gasteiger partial charge in [-0.25, -0.2) is 0 Å². The summed E-state index contributed by atoms with van der Waals surface area (Å²) in [6.07, 6.45) is 5.67. The molecule has 0 unspecified atom stereocenters. The van der Waals surface area contributed by atoms with Gasteiger partial charge in [-0.1, -0.05) is 5.16 Å². The van der Waals surface area contributed by atoms with Gasteiger partial charge in [0.2, 0.25) is 0 Å². The highest BCUT2D eigenvalue weighted by Crippen LogP contribution is 2.40. The highest BCUT2D eigenvalue weighted by Gasteiger charge is 2.29. The molecule has 116 valence electrons. The van der Waals surface area contributed by atoms with E-state index in [0.717, 1.165) is 24.2 Å². The third-order valence-corrected chi connectivity index (χ3v) is 3.70. The van der Waals surface area contributed by atoms with E-state index in [0.29, 0.717) is 31.3 Å². The summed E-state index contributed by atoms with van der Waals surface area (Å²) in [5, 5.41) is 3.93. The quantitative estimate of drug-likeness (QED) is 0.784. The van der Waals surface area contributed by atoms with Crippen molar-refractivity contribution < 1.29 is 14.1 Å². The molecular formula is C16H19N3O3. The third kappa shape index (κ3) is 3.51. The first-order valence-corrected chi connectivity index (χ1v) is 7.41. The lowest BCUT2D eigenvalue weighted by atomic mass is 10.2. The monoisotopic (exact) mass is 301 g/mol. The molecule has 2 aromatic rings. The van der Waals surface area contributed by atoms with Crippen LogP contribution in [0.3, 0.4) is 0 Å². The highest BCUT2D eigenvalue weighted by molar-refractivity contribution is 5.92. The van der Waals surface area contributed by atoms with Crippen molar-refractivity contribution in [3.05, 3.63) is 47.6 Å². The van der Waals surface area contributed by atoms with Gasteiger partial charge in [0.25, 0.3) is 5.91 Å². The van der Waals surface area contributed by atoms with Crippen LogP contribution in [0.4, 0.5) is 0 Å².